The number of nitrogens with one attached hydrogen (secondary N) is 1. The zero-order valence-electron chi connectivity index (χ0n) is 9.27. The standard InChI is InChI=1S/C11H15N3O2/c1-9(15)13-10-2-3-11(12-8-10)14-4-6-16-7-5-14/h2-3,8H,4-7H2,1H3,(H,13,15). The number of anilines is 2. The molecule has 1 amide bonds. The first kappa shape index (κ1) is 10.9. The number of hydrogen-bond donors (Lipinski definition) is 1. The minimum absolute atomic E-state index is 0.0825. The normalized spacial score (nSPS) is 15.9. The van der Waals surface area contributed by atoms with Gasteiger partial charge in [0.05, 0.1) is 25.1 Å². The second-order valence-electron chi connectivity index (χ2n) is 3.69. The molecule has 0 radical (unpaired) electrons. The van der Waals surface area contributed by atoms with Crippen LogP contribution in [-0.2, 0) is 9.53 Å². The molecule has 2 rings (SSSR count). The van der Waals surface area contributed by atoms with Crippen LogP contribution in [0, 0.1) is 0 Å². The van der Waals surface area contributed by atoms with Gasteiger partial charge < -0.3 is 15.0 Å². The molecule has 1 aromatic rings. The summed E-state index contributed by atoms with van der Waals surface area (Å²) in [5, 5.41) is 2.69. The molecule has 5 nitrogen and oxygen atoms in total. The summed E-state index contributed by atoms with van der Waals surface area (Å²) in [7, 11) is 0. The molecule has 16 heavy (non-hydrogen) atoms. The van der Waals surface area contributed by atoms with E-state index in [0.717, 1.165) is 37.8 Å². The van der Waals surface area contributed by atoms with E-state index < -0.39 is 0 Å². The van der Waals surface area contributed by atoms with Crippen LogP contribution in [0.3, 0.4) is 0 Å². The summed E-state index contributed by atoms with van der Waals surface area (Å²) >= 11 is 0. The highest BCUT2D eigenvalue weighted by atomic mass is 16.5. The van der Waals surface area contributed by atoms with Crippen LogP contribution in [0.15, 0.2) is 18.3 Å². The molecule has 1 saturated heterocycles. The molecular formula is C11H15N3O2. The smallest absolute Gasteiger partial charge is 0.221 e. The van der Waals surface area contributed by atoms with E-state index in [9.17, 15) is 4.79 Å². The third kappa shape index (κ3) is 2.70. The van der Waals surface area contributed by atoms with Gasteiger partial charge in [0.2, 0.25) is 5.91 Å². The second-order valence-corrected chi connectivity index (χ2v) is 3.69. The summed E-state index contributed by atoms with van der Waals surface area (Å²) in [4.78, 5) is 17.3. The van der Waals surface area contributed by atoms with Gasteiger partial charge in [0.15, 0.2) is 0 Å². The van der Waals surface area contributed by atoms with Crippen molar-refractivity contribution in [1.29, 1.82) is 0 Å². The van der Waals surface area contributed by atoms with Gasteiger partial charge in [-0.05, 0) is 12.1 Å². The molecule has 1 aliphatic rings. The summed E-state index contributed by atoms with van der Waals surface area (Å²) in [5.74, 6) is 0.846. The van der Waals surface area contributed by atoms with Crippen molar-refractivity contribution in [2.24, 2.45) is 0 Å². The molecule has 1 aliphatic heterocycles. The van der Waals surface area contributed by atoms with E-state index >= 15 is 0 Å². The fraction of sp³-hybridized carbons (Fsp3) is 0.455. The molecule has 1 N–H and O–H groups in total. The number of pyridine rings is 1. The third-order valence-electron chi connectivity index (χ3n) is 2.40. The van der Waals surface area contributed by atoms with E-state index in [4.69, 9.17) is 4.74 Å². The molecule has 0 aromatic carbocycles. The Morgan fingerprint density at radius 3 is 2.75 bits per heavy atom. The molecule has 0 bridgehead atoms. The number of aromatic nitrogens is 1. The molecule has 0 atom stereocenters. The maximum absolute atomic E-state index is 10.8. The Balaban J connectivity index is 2.03. The zero-order chi connectivity index (χ0) is 11.4. The van der Waals surface area contributed by atoms with Crippen molar-refractivity contribution < 1.29 is 9.53 Å². The third-order valence-corrected chi connectivity index (χ3v) is 2.40. The van der Waals surface area contributed by atoms with Crippen LogP contribution >= 0.6 is 0 Å². The second kappa shape index (κ2) is 4.94. The summed E-state index contributed by atoms with van der Waals surface area (Å²) in [6.07, 6.45) is 1.67. The van der Waals surface area contributed by atoms with Crippen molar-refractivity contribution in [2.75, 3.05) is 36.5 Å². The largest absolute Gasteiger partial charge is 0.378 e. The number of rotatable bonds is 2. The average molecular weight is 221 g/mol. The number of ether oxygens (including phenoxy) is 1. The first-order valence-corrected chi connectivity index (χ1v) is 5.32. The highest BCUT2D eigenvalue weighted by molar-refractivity contribution is 5.88. The molecule has 86 valence electrons. The first-order chi connectivity index (χ1) is 7.75. The van der Waals surface area contributed by atoms with E-state index in [0.29, 0.717) is 0 Å². The maximum Gasteiger partial charge on any atom is 0.221 e. The lowest BCUT2D eigenvalue weighted by atomic mass is 10.3. The maximum atomic E-state index is 10.8. The molecular weight excluding hydrogens is 206 g/mol. The molecule has 2 heterocycles. The van der Waals surface area contributed by atoms with E-state index in [1.54, 1.807) is 6.20 Å². The van der Waals surface area contributed by atoms with Crippen molar-refractivity contribution in [3.05, 3.63) is 18.3 Å². The summed E-state index contributed by atoms with van der Waals surface area (Å²) < 4.78 is 5.27. The topological polar surface area (TPSA) is 54.5 Å². The van der Waals surface area contributed by atoms with Crippen molar-refractivity contribution in [2.45, 2.75) is 6.92 Å². The Labute approximate surface area is 94.4 Å². The van der Waals surface area contributed by atoms with Crippen LogP contribution in [0.1, 0.15) is 6.92 Å². The molecule has 1 aromatic heterocycles. The highest BCUT2D eigenvalue weighted by Crippen LogP contribution is 2.15. The minimum Gasteiger partial charge on any atom is -0.378 e. The van der Waals surface area contributed by atoms with Crippen molar-refractivity contribution >= 4 is 17.4 Å². The van der Waals surface area contributed by atoms with Crippen LogP contribution in [0.5, 0.6) is 0 Å². The number of hydrogen-bond acceptors (Lipinski definition) is 4. The quantitative estimate of drug-likeness (QED) is 0.805. The van der Waals surface area contributed by atoms with E-state index in [1.165, 1.54) is 6.92 Å². The van der Waals surface area contributed by atoms with Gasteiger partial charge in [-0.2, -0.15) is 0 Å². The van der Waals surface area contributed by atoms with Crippen molar-refractivity contribution in [3.63, 3.8) is 0 Å². The average Bonchev–Trinajstić information content (AvgIpc) is 2.30. The van der Waals surface area contributed by atoms with Crippen LogP contribution < -0.4 is 10.2 Å². The molecule has 0 spiro atoms. The van der Waals surface area contributed by atoms with Gasteiger partial charge in [0.1, 0.15) is 5.82 Å². The minimum atomic E-state index is -0.0825. The van der Waals surface area contributed by atoms with E-state index in [2.05, 4.69) is 15.2 Å². The summed E-state index contributed by atoms with van der Waals surface area (Å²) in [6, 6.07) is 3.77. The Bertz CT molecular complexity index is 358. The van der Waals surface area contributed by atoms with Gasteiger partial charge in [0, 0.05) is 20.0 Å². The van der Waals surface area contributed by atoms with Crippen molar-refractivity contribution in [3.8, 4) is 0 Å². The molecule has 0 aliphatic carbocycles. The van der Waals surface area contributed by atoms with E-state index in [-0.39, 0.29) is 5.91 Å². The number of carbonyl (C=O) groups excluding carboxylic acids is 1. The summed E-state index contributed by atoms with van der Waals surface area (Å²) in [6.45, 7) is 4.71. The molecule has 0 saturated carbocycles. The number of amides is 1. The lowest BCUT2D eigenvalue weighted by Gasteiger charge is -2.27. The van der Waals surface area contributed by atoms with Gasteiger partial charge in [0.25, 0.3) is 0 Å². The zero-order valence-corrected chi connectivity index (χ0v) is 9.27. The lowest BCUT2D eigenvalue weighted by Crippen LogP contribution is -2.36. The van der Waals surface area contributed by atoms with Gasteiger partial charge >= 0.3 is 0 Å². The van der Waals surface area contributed by atoms with Crippen LogP contribution in [-0.4, -0.2) is 37.2 Å². The number of nitrogens with zero attached hydrogens (tertiary/aromatic N) is 2. The molecule has 5 heteroatoms. The highest BCUT2D eigenvalue weighted by Gasteiger charge is 2.11. The van der Waals surface area contributed by atoms with Gasteiger partial charge in [-0.3, -0.25) is 4.79 Å². The van der Waals surface area contributed by atoms with Crippen LogP contribution in [0.4, 0.5) is 11.5 Å². The molecule has 1 fully saturated rings. The lowest BCUT2D eigenvalue weighted by molar-refractivity contribution is -0.114. The van der Waals surface area contributed by atoms with E-state index in [1.807, 2.05) is 12.1 Å². The SMILES string of the molecule is CC(=O)Nc1ccc(N2CCOCC2)nc1. The predicted octanol–water partition coefficient (Wildman–Crippen LogP) is 0.877. The fourth-order valence-corrected chi connectivity index (χ4v) is 1.64. The van der Waals surface area contributed by atoms with Crippen LogP contribution in [0.2, 0.25) is 0 Å². The molecule has 0 unspecified atom stereocenters. The van der Waals surface area contributed by atoms with Gasteiger partial charge in [-0.25, -0.2) is 4.98 Å². The Morgan fingerprint density at radius 1 is 1.44 bits per heavy atom. The predicted molar refractivity (Wildman–Crippen MR) is 61.6 cm³/mol. The summed E-state index contributed by atoms with van der Waals surface area (Å²) in [5.41, 5.74) is 0.726. The van der Waals surface area contributed by atoms with Gasteiger partial charge in [-0.1, -0.05) is 0 Å². The van der Waals surface area contributed by atoms with Crippen molar-refractivity contribution in [1.82, 2.24) is 4.98 Å². The Hall–Kier alpha value is -1.62. The van der Waals surface area contributed by atoms with Gasteiger partial charge in [-0.15, -0.1) is 0 Å². The fourth-order valence-electron chi connectivity index (χ4n) is 1.64. The first-order valence-electron chi connectivity index (χ1n) is 5.32. The number of carbonyl (C=O) groups is 1. The van der Waals surface area contributed by atoms with Crippen LogP contribution in [0.25, 0.3) is 0 Å². The Kier molecular flexibility index (Phi) is 3.36. The Morgan fingerprint density at radius 2 is 2.19 bits per heavy atom. The monoisotopic (exact) mass is 221 g/mol. The number of morpholine rings is 1.